The van der Waals surface area contributed by atoms with E-state index in [4.69, 9.17) is 18.5 Å². The molecule has 0 amide bonds. The lowest BCUT2D eigenvalue weighted by Crippen LogP contribution is -2.37. The van der Waals surface area contributed by atoms with Crippen molar-refractivity contribution in [1.82, 2.24) is 0 Å². The van der Waals surface area contributed by atoms with Gasteiger partial charge in [0.2, 0.25) is 0 Å². The molecular weight excluding hydrogens is 685 g/mol. The number of allylic oxidation sites excluding steroid dienone is 8. The van der Waals surface area contributed by atoms with Gasteiger partial charge < -0.3 is 18.9 Å². The first-order valence-corrected chi connectivity index (χ1v) is 22.9. The van der Waals surface area contributed by atoms with Crippen molar-refractivity contribution in [3.8, 4) is 0 Å². The Hall–Kier alpha value is -1.54. The molecular formula is C44H83NO7P+. The maximum Gasteiger partial charge on any atom is 0.472 e. The predicted molar refractivity (Wildman–Crippen MR) is 224 cm³/mol. The van der Waals surface area contributed by atoms with Crippen LogP contribution in [-0.4, -0.2) is 75.6 Å². The monoisotopic (exact) mass is 769 g/mol. The molecule has 9 heteroatoms. The molecule has 53 heavy (non-hydrogen) atoms. The average molecular weight is 769 g/mol. The zero-order valence-electron chi connectivity index (χ0n) is 35.0. The van der Waals surface area contributed by atoms with Crippen molar-refractivity contribution in [3.63, 3.8) is 0 Å². The molecule has 1 N–H and O–H groups in total. The van der Waals surface area contributed by atoms with E-state index in [9.17, 15) is 14.3 Å². The topological polar surface area (TPSA) is 91.3 Å². The van der Waals surface area contributed by atoms with E-state index in [2.05, 4.69) is 62.5 Å². The smallest absolute Gasteiger partial charge is 0.457 e. The Labute approximate surface area is 327 Å². The van der Waals surface area contributed by atoms with Gasteiger partial charge in [0.1, 0.15) is 19.3 Å². The Bertz CT molecular complexity index is 989. The third-order valence-electron chi connectivity index (χ3n) is 8.89. The maximum absolute atomic E-state index is 12.6. The van der Waals surface area contributed by atoms with Gasteiger partial charge in [0.05, 0.1) is 34.4 Å². The molecule has 2 atom stereocenters. The fraction of sp³-hybridized carbons (Fsp3) is 0.795. The quantitative estimate of drug-likeness (QED) is 0.0219. The van der Waals surface area contributed by atoms with Crippen LogP contribution in [0.25, 0.3) is 0 Å². The maximum atomic E-state index is 12.6. The molecule has 0 bridgehead atoms. The number of esters is 1. The van der Waals surface area contributed by atoms with E-state index >= 15 is 0 Å². The molecule has 0 radical (unpaired) electrons. The Morgan fingerprint density at radius 2 is 1.04 bits per heavy atom. The Kier molecular flexibility index (Phi) is 36.3. The first kappa shape index (κ1) is 51.5. The molecule has 0 aliphatic heterocycles. The summed E-state index contributed by atoms with van der Waals surface area (Å²) in [6.45, 7) is 5.52. The van der Waals surface area contributed by atoms with Crippen LogP contribution in [0.5, 0.6) is 0 Å². The van der Waals surface area contributed by atoms with Crippen LogP contribution >= 0.6 is 7.82 Å². The van der Waals surface area contributed by atoms with Crippen molar-refractivity contribution >= 4 is 13.8 Å². The van der Waals surface area contributed by atoms with E-state index in [-0.39, 0.29) is 32.2 Å². The second kappa shape index (κ2) is 37.4. The fourth-order valence-electron chi connectivity index (χ4n) is 5.54. The Morgan fingerprint density at radius 3 is 1.55 bits per heavy atom. The lowest BCUT2D eigenvalue weighted by atomic mass is 10.0. The second-order valence-corrected chi connectivity index (χ2v) is 16.8. The predicted octanol–water partition coefficient (Wildman–Crippen LogP) is 12.4. The number of phosphoric acid groups is 1. The molecule has 8 nitrogen and oxygen atoms in total. The van der Waals surface area contributed by atoms with Gasteiger partial charge in [-0.3, -0.25) is 13.8 Å². The number of hydrogen-bond donors (Lipinski definition) is 1. The Morgan fingerprint density at radius 1 is 0.585 bits per heavy atom. The number of unbranched alkanes of at least 4 members (excludes halogenated alkanes) is 17. The van der Waals surface area contributed by atoms with E-state index in [1.54, 1.807) is 0 Å². The number of rotatable bonds is 39. The highest BCUT2D eigenvalue weighted by Crippen LogP contribution is 2.43. The van der Waals surface area contributed by atoms with Gasteiger partial charge in [-0.25, -0.2) is 4.57 Å². The minimum atomic E-state index is -4.29. The average Bonchev–Trinajstić information content (AvgIpc) is 3.11. The molecule has 0 aromatic heterocycles. The number of hydrogen-bond acceptors (Lipinski definition) is 6. The fourth-order valence-corrected chi connectivity index (χ4v) is 6.29. The molecule has 0 aromatic carbocycles. The van der Waals surface area contributed by atoms with Gasteiger partial charge in [0, 0.05) is 13.0 Å². The van der Waals surface area contributed by atoms with Crippen LogP contribution in [0.3, 0.4) is 0 Å². The lowest BCUT2D eigenvalue weighted by Gasteiger charge is -2.24. The van der Waals surface area contributed by atoms with Crippen LogP contribution in [-0.2, 0) is 27.9 Å². The van der Waals surface area contributed by atoms with Gasteiger partial charge in [-0.05, 0) is 51.4 Å². The van der Waals surface area contributed by atoms with E-state index in [0.717, 1.165) is 38.5 Å². The molecule has 0 aliphatic carbocycles. The van der Waals surface area contributed by atoms with Crippen LogP contribution in [0.2, 0.25) is 0 Å². The van der Waals surface area contributed by atoms with Gasteiger partial charge in [0.15, 0.2) is 0 Å². The van der Waals surface area contributed by atoms with Crippen LogP contribution in [0.1, 0.15) is 168 Å². The molecule has 0 spiro atoms. The summed E-state index contributed by atoms with van der Waals surface area (Å²) >= 11 is 0. The SMILES string of the molecule is CCCCCC=CCC=CCC=CCC=CCCCC(=O)OC(COCCCCCCCCCCCCCCCC)COP(=O)(O)OCC[N+](C)(C)C. The van der Waals surface area contributed by atoms with Gasteiger partial charge in [-0.1, -0.05) is 159 Å². The molecule has 0 heterocycles. The number of carbonyl (C=O) groups is 1. The summed E-state index contributed by atoms with van der Waals surface area (Å²) in [6.07, 6.45) is 44.3. The van der Waals surface area contributed by atoms with Gasteiger partial charge in [0.25, 0.3) is 0 Å². The summed E-state index contributed by atoms with van der Waals surface area (Å²) in [5.74, 6) is -0.367. The second-order valence-electron chi connectivity index (χ2n) is 15.4. The number of nitrogens with zero attached hydrogens (tertiary/aromatic N) is 1. The Balaban J connectivity index is 4.36. The summed E-state index contributed by atoms with van der Waals surface area (Å²) in [5, 5.41) is 0. The van der Waals surface area contributed by atoms with E-state index in [1.807, 2.05) is 21.1 Å². The molecule has 0 saturated heterocycles. The summed E-state index contributed by atoms with van der Waals surface area (Å²) in [7, 11) is 1.63. The standard InChI is InChI=1S/C44H82NO7P/c1-6-8-10-12-14-16-18-20-22-23-24-25-27-29-31-33-35-37-44(46)52-43(42-51-53(47,48)50-40-38-45(3,4)5)41-49-39-36-34-32-30-28-26-21-19-17-15-13-11-9-7-2/h14,16,20,22,24-25,29,31,43H,6-13,15,17-19,21,23,26-28,30,32-42H2,1-5H3/p+1. The minimum absolute atomic E-state index is 0.0782. The third-order valence-corrected chi connectivity index (χ3v) is 9.88. The summed E-state index contributed by atoms with van der Waals surface area (Å²) in [6, 6.07) is 0. The molecule has 0 aliphatic rings. The van der Waals surface area contributed by atoms with Crippen LogP contribution in [0.4, 0.5) is 0 Å². The molecule has 0 saturated carbocycles. The molecule has 2 unspecified atom stereocenters. The van der Waals surface area contributed by atoms with Gasteiger partial charge >= 0.3 is 13.8 Å². The van der Waals surface area contributed by atoms with Crippen molar-refractivity contribution in [3.05, 3.63) is 48.6 Å². The minimum Gasteiger partial charge on any atom is -0.457 e. The molecule has 0 rings (SSSR count). The van der Waals surface area contributed by atoms with Crippen molar-refractivity contribution in [2.45, 2.75) is 174 Å². The first-order valence-electron chi connectivity index (χ1n) is 21.4. The molecule has 0 fully saturated rings. The van der Waals surface area contributed by atoms with Crippen molar-refractivity contribution in [2.24, 2.45) is 0 Å². The van der Waals surface area contributed by atoms with E-state index in [0.29, 0.717) is 24.1 Å². The normalized spacial score (nSPS) is 14.3. The van der Waals surface area contributed by atoms with E-state index < -0.39 is 13.9 Å². The largest absolute Gasteiger partial charge is 0.472 e. The molecule has 0 aromatic rings. The number of likely N-dealkylation sites (N-methyl/N-ethyl adjacent to an activating group) is 1. The summed E-state index contributed by atoms with van der Waals surface area (Å²) in [5.41, 5.74) is 0. The van der Waals surface area contributed by atoms with Crippen molar-refractivity contribution in [1.29, 1.82) is 0 Å². The third kappa shape index (κ3) is 41.5. The van der Waals surface area contributed by atoms with Gasteiger partial charge in [-0.2, -0.15) is 0 Å². The highest BCUT2D eigenvalue weighted by atomic mass is 31.2. The van der Waals surface area contributed by atoms with Gasteiger partial charge in [-0.15, -0.1) is 0 Å². The number of ether oxygens (including phenoxy) is 2. The highest BCUT2D eigenvalue weighted by molar-refractivity contribution is 7.47. The van der Waals surface area contributed by atoms with E-state index in [1.165, 1.54) is 103 Å². The van der Waals surface area contributed by atoms with Crippen LogP contribution in [0.15, 0.2) is 48.6 Å². The first-order chi connectivity index (χ1) is 25.6. The van der Waals surface area contributed by atoms with Crippen molar-refractivity contribution < 1.29 is 37.3 Å². The van der Waals surface area contributed by atoms with Crippen LogP contribution in [0, 0.1) is 0 Å². The zero-order valence-corrected chi connectivity index (χ0v) is 35.9. The number of phosphoric ester groups is 1. The zero-order chi connectivity index (χ0) is 39.1. The summed E-state index contributed by atoms with van der Waals surface area (Å²) < 4.78 is 34.9. The summed E-state index contributed by atoms with van der Waals surface area (Å²) in [4.78, 5) is 22.8. The van der Waals surface area contributed by atoms with Crippen molar-refractivity contribution in [2.75, 3.05) is 54.1 Å². The molecule has 310 valence electrons. The lowest BCUT2D eigenvalue weighted by molar-refractivity contribution is -0.870. The van der Waals surface area contributed by atoms with Crippen LogP contribution < -0.4 is 0 Å². The number of quaternary nitrogens is 1. The highest BCUT2D eigenvalue weighted by Gasteiger charge is 2.26. The number of carbonyl (C=O) groups excluding carboxylic acids is 1.